The largest absolute Gasteiger partial charge is 0.325 e. The molecule has 20 heavy (non-hydrogen) atoms. The Bertz CT molecular complexity index is 588. The third kappa shape index (κ3) is 2.01. The molecular weight excluding hydrogens is 338 g/mol. The molecular formula is C16H17BrClNO. The highest BCUT2D eigenvalue weighted by atomic mass is 79.9. The zero-order chi connectivity index (χ0) is 13.9. The molecule has 2 bridgehead atoms. The van der Waals surface area contributed by atoms with E-state index in [9.17, 15) is 4.79 Å². The highest BCUT2D eigenvalue weighted by Crippen LogP contribution is 2.55. The van der Waals surface area contributed by atoms with Gasteiger partial charge in [0, 0.05) is 15.5 Å². The number of hydrogen-bond donors (Lipinski definition) is 1. The molecule has 0 radical (unpaired) electrons. The average molecular weight is 355 g/mol. The van der Waals surface area contributed by atoms with E-state index in [1.54, 1.807) is 0 Å². The first kappa shape index (κ1) is 13.1. The van der Waals surface area contributed by atoms with Crippen LogP contribution in [0.4, 0.5) is 5.69 Å². The number of amides is 1. The maximum absolute atomic E-state index is 11.5. The SMILES string of the molecule is O=C1Cc2cc(C(Br)C3CC4CCC3C4)c(Cl)cc2N1. The second-order valence-corrected chi connectivity index (χ2v) is 7.89. The van der Waals surface area contributed by atoms with Gasteiger partial charge in [-0.15, -0.1) is 0 Å². The predicted octanol–water partition coefficient (Wildman–Crippen LogP) is 4.71. The van der Waals surface area contributed by atoms with Crippen LogP contribution in [-0.2, 0) is 11.2 Å². The minimum absolute atomic E-state index is 0.0688. The molecule has 2 saturated carbocycles. The topological polar surface area (TPSA) is 29.1 Å². The van der Waals surface area contributed by atoms with Crippen LogP contribution in [0, 0.1) is 17.8 Å². The molecule has 0 spiro atoms. The van der Waals surface area contributed by atoms with Crippen LogP contribution in [0.3, 0.4) is 0 Å². The fourth-order valence-corrected chi connectivity index (χ4v) is 5.80. The minimum Gasteiger partial charge on any atom is -0.325 e. The van der Waals surface area contributed by atoms with Crippen LogP contribution >= 0.6 is 27.5 Å². The average Bonchev–Trinajstić information content (AvgIpc) is 3.10. The summed E-state index contributed by atoms with van der Waals surface area (Å²) in [6.07, 6.45) is 5.99. The van der Waals surface area contributed by atoms with Gasteiger partial charge in [-0.2, -0.15) is 0 Å². The van der Waals surface area contributed by atoms with E-state index < -0.39 is 0 Å². The van der Waals surface area contributed by atoms with Crippen LogP contribution in [0.2, 0.25) is 5.02 Å². The fourth-order valence-electron chi connectivity index (χ4n) is 4.36. The summed E-state index contributed by atoms with van der Waals surface area (Å²) in [5.74, 6) is 2.56. The first-order chi connectivity index (χ1) is 9.61. The maximum atomic E-state index is 11.5. The highest BCUT2D eigenvalue weighted by Gasteiger charge is 2.43. The van der Waals surface area contributed by atoms with Crippen molar-refractivity contribution in [2.45, 2.75) is 36.9 Å². The molecule has 1 heterocycles. The summed E-state index contributed by atoms with van der Waals surface area (Å²) in [4.78, 5) is 11.8. The van der Waals surface area contributed by atoms with Gasteiger partial charge in [0.15, 0.2) is 0 Å². The summed E-state index contributed by atoms with van der Waals surface area (Å²) < 4.78 is 0. The van der Waals surface area contributed by atoms with Crippen molar-refractivity contribution >= 4 is 39.1 Å². The molecule has 1 amide bonds. The highest BCUT2D eigenvalue weighted by molar-refractivity contribution is 9.09. The molecule has 106 valence electrons. The number of fused-ring (bicyclic) bond motifs is 3. The number of carbonyl (C=O) groups excluding carboxylic acids is 1. The molecule has 4 rings (SSSR count). The third-order valence-corrected chi connectivity index (χ3v) is 6.81. The van der Waals surface area contributed by atoms with Gasteiger partial charge < -0.3 is 5.32 Å². The van der Waals surface area contributed by atoms with E-state index in [4.69, 9.17) is 11.6 Å². The van der Waals surface area contributed by atoms with Gasteiger partial charge in [-0.05, 0) is 54.2 Å². The van der Waals surface area contributed by atoms with E-state index in [-0.39, 0.29) is 5.91 Å². The van der Waals surface area contributed by atoms with Crippen LogP contribution in [0.25, 0.3) is 0 Å². The molecule has 1 aromatic carbocycles. The number of carbonyl (C=O) groups is 1. The van der Waals surface area contributed by atoms with Crippen LogP contribution < -0.4 is 5.32 Å². The molecule has 1 N–H and O–H groups in total. The van der Waals surface area contributed by atoms with E-state index in [1.165, 1.54) is 31.2 Å². The lowest BCUT2D eigenvalue weighted by atomic mass is 9.84. The predicted molar refractivity (Wildman–Crippen MR) is 84.4 cm³/mol. The lowest BCUT2D eigenvalue weighted by Crippen LogP contribution is -2.16. The Morgan fingerprint density at radius 2 is 2.15 bits per heavy atom. The Hall–Kier alpha value is -0.540. The van der Waals surface area contributed by atoms with E-state index in [1.807, 2.05) is 6.07 Å². The Morgan fingerprint density at radius 3 is 2.85 bits per heavy atom. The second-order valence-electron chi connectivity index (χ2n) is 6.50. The zero-order valence-electron chi connectivity index (χ0n) is 11.2. The number of anilines is 1. The number of alkyl halides is 1. The third-order valence-electron chi connectivity index (χ3n) is 5.31. The molecule has 4 heteroatoms. The van der Waals surface area contributed by atoms with Gasteiger partial charge in [0.05, 0.1) is 6.42 Å². The van der Waals surface area contributed by atoms with E-state index in [0.29, 0.717) is 17.2 Å². The summed E-state index contributed by atoms with van der Waals surface area (Å²) >= 11 is 10.3. The van der Waals surface area contributed by atoms with Crippen LogP contribution in [-0.4, -0.2) is 5.91 Å². The van der Waals surface area contributed by atoms with E-state index >= 15 is 0 Å². The van der Waals surface area contributed by atoms with Crippen molar-refractivity contribution in [3.63, 3.8) is 0 Å². The van der Waals surface area contributed by atoms with Gasteiger partial charge >= 0.3 is 0 Å². The Labute approximate surface area is 132 Å². The van der Waals surface area contributed by atoms with Crippen LogP contribution in [0.5, 0.6) is 0 Å². The van der Waals surface area contributed by atoms with Crippen molar-refractivity contribution in [3.8, 4) is 0 Å². The zero-order valence-corrected chi connectivity index (χ0v) is 13.5. The first-order valence-electron chi connectivity index (χ1n) is 7.38. The van der Waals surface area contributed by atoms with E-state index in [0.717, 1.165) is 28.1 Å². The number of halogens is 2. The second kappa shape index (κ2) is 4.74. The van der Waals surface area contributed by atoms with Crippen molar-refractivity contribution < 1.29 is 4.79 Å². The van der Waals surface area contributed by atoms with Crippen LogP contribution in [0.15, 0.2) is 12.1 Å². The molecule has 0 aromatic heterocycles. The first-order valence-corrected chi connectivity index (χ1v) is 8.67. The quantitative estimate of drug-likeness (QED) is 0.766. The molecule has 4 atom stereocenters. The van der Waals surface area contributed by atoms with Crippen molar-refractivity contribution in [2.75, 3.05) is 5.32 Å². The lowest BCUT2D eigenvalue weighted by Gasteiger charge is -2.27. The monoisotopic (exact) mass is 353 g/mol. The Morgan fingerprint density at radius 1 is 1.30 bits per heavy atom. The molecule has 1 aliphatic heterocycles. The normalized spacial score (nSPS) is 32.3. The molecule has 2 fully saturated rings. The molecule has 2 aliphatic carbocycles. The molecule has 0 saturated heterocycles. The summed E-state index contributed by atoms with van der Waals surface area (Å²) in [7, 11) is 0. The van der Waals surface area contributed by atoms with Gasteiger partial charge in [0.25, 0.3) is 0 Å². The summed E-state index contributed by atoms with van der Waals surface area (Å²) in [6, 6.07) is 4.04. The molecule has 1 aromatic rings. The molecule has 4 unspecified atom stereocenters. The number of benzene rings is 1. The summed E-state index contributed by atoms with van der Waals surface area (Å²) in [5.41, 5.74) is 3.14. The van der Waals surface area contributed by atoms with Gasteiger partial charge in [-0.25, -0.2) is 0 Å². The molecule has 3 aliphatic rings. The summed E-state index contributed by atoms with van der Waals surface area (Å²) in [5, 5.41) is 3.64. The van der Waals surface area contributed by atoms with Gasteiger partial charge in [0.1, 0.15) is 0 Å². The van der Waals surface area contributed by atoms with Crippen molar-refractivity contribution in [1.29, 1.82) is 0 Å². The number of rotatable bonds is 2. The number of nitrogens with one attached hydrogen (secondary N) is 1. The Balaban J connectivity index is 1.65. The maximum Gasteiger partial charge on any atom is 0.228 e. The van der Waals surface area contributed by atoms with Crippen molar-refractivity contribution in [1.82, 2.24) is 0 Å². The van der Waals surface area contributed by atoms with Crippen molar-refractivity contribution in [2.24, 2.45) is 17.8 Å². The Kier molecular flexibility index (Phi) is 3.11. The smallest absolute Gasteiger partial charge is 0.228 e. The lowest BCUT2D eigenvalue weighted by molar-refractivity contribution is -0.115. The van der Waals surface area contributed by atoms with E-state index in [2.05, 4.69) is 27.3 Å². The van der Waals surface area contributed by atoms with Crippen LogP contribution in [0.1, 0.15) is 41.6 Å². The fraction of sp³-hybridized carbons (Fsp3) is 0.562. The van der Waals surface area contributed by atoms with Gasteiger partial charge in [-0.3, -0.25) is 4.79 Å². The van der Waals surface area contributed by atoms with Crippen molar-refractivity contribution in [3.05, 3.63) is 28.3 Å². The number of hydrogen-bond acceptors (Lipinski definition) is 1. The molecule has 2 nitrogen and oxygen atoms in total. The van der Waals surface area contributed by atoms with Gasteiger partial charge in [0.2, 0.25) is 5.91 Å². The standard InChI is InChI=1S/C16H17BrClNO/c17-16(11-4-8-1-2-9(11)3-8)12-5-10-6-15(20)19-14(10)7-13(12)18/h5,7-9,11,16H,1-4,6H2,(H,19,20). The van der Waals surface area contributed by atoms with Gasteiger partial charge in [-0.1, -0.05) is 40.0 Å². The minimum atomic E-state index is 0.0688. The summed E-state index contributed by atoms with van der Waals surface area (Å²) in [6.45, 7) is 0.